The summed E-state index contributed by atoms with van der Waals surface area (Å²) in [7, 11) is -0.345. The third-order valence-corrected chi connectivity index (χ3v) is 5.75. The van der Waals surface area contributed by atoms with E-state index in [4.69, 9.17) is 0 Å². The minimum Gasteiger partial charge on any atom is -0.260 e. The normalized spacial score (nSPS) is 15.9. The number of hydrogen-bond acceptors (Lipinski definition) is 4. The molecule has 2 rings (SSSR count). The van der Waals surface area contributed by atoms with Crippen LogP contribution in [0.5, 0.6) is 0 Å². The van der Waals surface area contributed by atoms with Gasteiger partial charge in [-0.1, -0.05) is 42.1 Å². The number of aliphatic imine (C=N–C) groups is 1. The standard InChI is InChI=1S/C12H17N3O2S2/c1-14(2)19(16,17)15-9-8-13-12(15)18-10-11-6-4-3-5-7-11/h3-7H,8-10H2,1-2H3. The van der Waals surface area contributed by atoms with E-state index in [9.17, 15) is 8.42 Å². The number of amidine groups is 1. The van der Waals surface area contributed by atoms with Crippen molar-refractivity contribution in [2.24, 2.45) is 4.99 Å². The minimum absolute atomic E-state index is 0.428. The highest BCUT2D eigenvalue weighted by atomic mass is 32.2. The quantitative estimate of drug-likeness (QED) is 0.844. The molecule has 0 radical (unpaired) electrons. The van der Waals surface area contributed by atoms with Gasteiger partial charge < -0.3 is 0 Å². The molecule has 0 saturated carbocycles. The maximum Gasteiger partial charge on any atom is 0.305 e. The first kappa shape index (κ1) is 14.4. The Kier molecular flexibility index (Phi) is 4.49. The van der Waals surface area contributed by atoms with Gasteiger partial charge in [-0.15, -0.1) is 0 Å². The molecule has 0 aromatic heterocycles. The Morgan fingerprint density at radius 2 is 2.00 bits per heavy atom. The Morgan fingerprint density at radius 1 is 1.32 bits per heavy atom. The van der Waals surface area contributed by atoms with Crippen molar-refractivity contribution >= 4 is 27.1 Å². The molecule has 0 atom stereocenters. The van der Waals surface area contributed by atoms with E-state index in [0.717, 1.165) is 11.3 Å². The summed E-state index contributed by atoms with van der Waals surface area (Å²) in [5.41, 5.74) is 1.16. The highest BCUT2D eigenvalue weighted by Crippen LogP contribution is 2.22. The van der Waals surface area contributed by atoms with Gasteiger partial charge in [-0.3, -0.25) is 4.99 Å². The summed E-state index contributed by atoms with van der Waals surface area (Å²) in [4.78, 5) is 4.28. The molecule has 5 nitrogen and oxygen atoms in total. The van der Waals surface area contributed by atoms with Crippen LogP contribution in [-0.4, -0.2) is 49.4 Å². The average Bonchev–Trinajstić information content (AvgIpc) is 2.86. The van der Waals surface area contributed by atoms with Crippen LogP contribution in [0.4, 0.5) is 0 Å². The van der Waals surface area contributed by atoms with Gasteiger partial charge in [0.2, 0.25) is 0 Å². The van der Waals surface area contributed by atoms with E-state index in [1.165, 1.54) is 34.5 Å². The summed E-state index contributed by atoms with van der Waals surface area (Å²) in [6.45, 7) is 0.960. The number of benzene rings is 1. The van der Waals surface area contributed by atoms with Crippen molar-refractivity contribution in [1.82, 2.24) is 8.61 Å². The van der Waals surface area contributed by atoms with Crippen LogP contribution in [0.3, 0.4) is 0 Å². The molecule has 0 unspecified atom stereocenters. The second-order valence-electron chi connectivity index (χ2n) is 4.30. The van der Waals surface area contributed by atoms with Crippen molar-refractivity contribution in [1.29, 1.82) is 0 Å². The Hall–Kier alpha value is -1.05. The molecular formula is C12H17N3O2S2. The molecule has 0 amide bonds. The van der Waals surface area contributed by atoms with E-state index >= 15 is 0 Å². The molecule has 1 aliphatic heterocycles. The third kappa shape index (κ3) is 3.29. The maximum atomic E-state index is 12.1. The van der Waals surface area contributed by atoms with Crippen LogP contribution in [0.15, 0.2) is 35.3 Å². The van der Waals surface area contributed by atoms with Crippen molar-refractivity contribution in [2.75, 3.05) is 27.2 Å². The van der Waals surface area contributed by atoms with Crippen LogP contribution >= 0.6 is 11.8 Å². The number of rotatable bonds is 4. The topological polar surface area (TPSA) is 53.0 Å². The molecule has 1 aromatic carbocycles. The van der Waals surface area contributed by atoms with Gasteiger partial charge in [0.05, 0.1) is 13.1 Å². The molecule has 1 aliphatic rings. The number of hydrogen-bond donors (Lipinski definition) is 0. The fourth-order valence-electron chi connectivity index (χ4n) is 1.66. The molecule has 0 saturated heterocycles. The van der Waals surface area contributed by atoms with E-state index in [0.29, 0.717) is 18.3 Å². The van der Waals surface area contributed by atoms with E-state index in [-0.39, 0.29) is 0 Å². The van der Waals surface area contributed by atoms with Gasteiger partial charge in [0.15, 0.2) is 5.17 Å². The predicted octanol–water partition coefficient (Wildman–Crippen LogP) is 1.40. The molecule has 104 valence electrons. The van der Waals surface area contributed by atoms with Gasteiger partial charge in [0.1, 0.15) is 0 Å². The van der Waals surface area contributed by atoms with Gasteiger partial charge in [-0.25, -0.2) is 4.31 Å². The van der Waals surface area contributed by atoms with Gasteiger partial charge in [-0.05, 0) is 5.56 Å². The van der Waals surface area contributed by atoms with Gasteiger partial charge >= 0.3 is 10.2 Å². The SMILES string of the molecule is CN(C)S(=O)(=O)N1CCN=C1SCc1ccccc1. The first-order valence-corrected chi connectivity index (χ1v) is 8.31. The molecular weight excluding hydrogens is 282 g/mol. The van der Waals surface area contributed by atoms with E-state index in [1.807, 2.05) is 30.3 Å². The molecule has 1 aromatic rings. The van der Waals surface area contributed by atoms with Crippen molar-refractivity contribution < 1.29 is 8.42 Å². The average molecular weight is 299 g/mol. The maximum absolute atomic E-state index is 12.1. The molecule has 0 N–H and O–H groups in total. The second kappa shape index (κ2) is 5.94. The van der Waals surface area contributed by atoms with Crippen molar-refractivity contribution in [3.63, 3.8) is 0 Å². The minimum atomic E-state index is -3.42. The van der Waals surface area contributed by atoms with Crippen molar-refractivity contribution in [3.8, 4) is 0 Å². The highest BCUT2D eigenvalue weighted by molar-refractivity contribution is 8.14. The largest absolute Gasteiger partial charge is 0.305 e. The summed E-state index contributed by atoms with van der Waals surface area (Å²) >= 11 is 1.46. The monoisotopic (exact) mass is 299 g/mol. The molecule has 1 heterocycles. The summed E-state index contributed by atoms with van der Waals surface area (Å²) < 4.78 is 26.8. The summed E-state index contributed by atoms with van der Waals surface area (Å²) in [5, 5.41) is 0.581. The molecule has 0 aliphatic carbocycles. The lowest BCUT2D eigenvalue weighted by Crippen LogP contribution is -2.41. The van der Waals surface area contributed by atoms with Crippen LogP contribution in [-0.2, 0) is 16.0 Å². The van der Waals surface area contributed by atoms with Crippen LogP contribution in [0.25, 0.3) is 0 Å². The Labute approximate surface area is 118 Å². The first-order valence-electron chi connectivity index (χ1n) is 5.93. The highest BCUT2D eigenvalue weighted by Gasteiger charge is 2.30. The fourth-order valence-corrected chi connectivity index (χ4v) is 3.97. The molecule has 0 spiro atoms. The second-order valence-corrected chi connectivity index (χ2v) is 7.31. The number of thioether (sulfide) groups is 1. The predicted molar refractivity (Wildman–Crippen MR) is 79.4 cm³/mol. The van der Waals surface area contributed by atoms with E-state index < -0.39 is 10.2 Å². The lowest BCUT2D eigenvalue weighted by atomic mass is 10.2. The fraction of sp³-hybridized carbons (Fsp3) is 0.417. The van der Waals surface area contributed by atoms with Gasteiger partial charge in [0, 0.05) is 19.8 Å². The lowest BCUT2D eigenvalue weighted by Gasteiger charge is -2.23. The Morgan fingerprint density at radius 3 is 2.63 bits per heavy atom. The van der Waals surface area contributed by atoms with Crippen LogP contribution in [0.2, 0.25) is 0 Å². The summed E-state index contributed by atoms with van der Waals surface area (Å²) in [6.07, 6.45) is 0. The Bertz CT molecular complexity index is 556. The molecule has 7 heteroatoms. The number of nitrogens with zero attached hydrogens (tertiary/aromatic N) is 3. The lowest BCUT2D eigenvalue weighted by molar-refractivity contribution is 0.468. The zero-order valence-electron chi connectivity index (χ0n) is 11.0. The third-order valence-electron chi connectivity index (χ3n) is 2.71. The van der Waals surface area contributed by atoms with Crippen LogP contribution in [0.1, 0.15) is 5.56 Å². The van der Waals surface area contributed by atoms with E-state index in [1.54, 1.807) is 0 Å². The molecule has 0 bridgehead atoms. The summed E-state index contributed by atoms with van der Waals surface area (Å²) in [5.74, 6) is 0.721. The van der Waals surface area contributed by atoms with Crippen molar-refractivity contribution in [3.05, 3.63) is 35.9 Å². The van der Waals surface area contributed by atoms with Crippen LogP contribution in [0, 0.1) is 0 Å². The summed E-state index contributed by atoms with van der Waals surface area (Å²) in [6, 6.07) is 9.95. The Balaban J connectivity index is 2.04. The van der Waals surface area contributed by atoms with Crippen molar-refractivity contribution in [2.45, 2.75) is 5.75 Å². The van der Waals surface area contributed by atoms with Crippen LogP contribution < -0.4 is 0 Å². The van der Waals surface area contributed by atoms with E-state index in [2.05, 4.69) is 4.99 Å². The first-order chi connectivity index (χ1) is 9.01. The van der Waals surface area contributed by atoms with Gasteiger partial charge in [0.25, 0.3) is 0 Å². The zero-order valence-corrected chi connectivity index (χ0v) is 12.6. The van der Waals surface area contributed by atoms with Gasteiger partial charge in [-0.2, -0.15) is 12.7 Å². The molecule has 19 heavy (non-hydrogen) atoms. The smallest absolute Gasteiger partial charge is 0.260 e. The molecule has 0 fully saturated rings. The zero-order chi connectivity index (χ0) is 13.9.